The third-order valence-corrected chi connectivity index (χ3v) is 3.46. The number of carbonyl (C=O) groups excluding carboxylic acids is 3. The summed E-state index contributed by atoms with van der Waals surface area (Å²) in [7, 11) is 1.47. The molecule has 0 saturated heterocycles. The molecular weight excluding hydrogens is 362 g/mol. The lowest BCUT2D eigenvalue weighted by Gasteiger charge is -2.10. The van der Waals surface area contributed by atoms with Gasteiger partial charge in [-0.05, 0) is 48.0 Å². The zero-order chi connectivity index (χ0) is 20.5. The summed E-state index contributed by atoms with van der Waals surface area (Å²) in [5.74, 6) is -0.283. The number of rotatable bonds is 8. The smallest absolute Gasteiger partial charge is 0.255 e. The first-order valence-electron chi connectivity index (χ1n) is 8.33. The number of methoxy groups -OCH3 is 1. The van der Waals surface area contributed by atoms with Crippen molar-refractivity contribution in [1.29, 1.82) is 0 Å². The SMILES string of the molecule is COc1cc(C=CC(=O)Nc2ccc(NC(C)=O)cc2)ccc1OCC(N)=O. The van der Waals surface area contributed by atoms with Crippen LogP contribution in [0, 0.1) is 0 Å². The van der Waals surface area contributed by atoms with Crippen molar-refractivity contribution < 1.29 is 23.9 Å². The molecule has 0 fully saturated rings. The van der Waals surface area contributed by atoms with Crippen LogP contribution < -0.4 is 25.8 Å². The lowest BCUT2D eigenvalue weighted by atomic mass is 10.2. The standard InChI is InChI=1S/C20H21N3O5/c1-13(24)22-15-5-7-16(8-6-15)23-20(26)10-4-14-3-9-17(18(11-14)27-2)28-12-19(21)25/h3-11H,12H2,1-2H3,(H2,21,25)(H,22,24)(H,23,26). The predicted molar refractivity (Wildman–Crippen MR) is 106 cm³/mol. The van der Waals surface area contributed by atoms with E-state index in [9.17, 15) is 14.4 Å². The van der Waals surface area contributed by atoms with Crippen LogP contribution in [-0.4, -0.2) is 31.4 Å². The lowest BCUT2D eigenvalue weighted by Crippen LogP contribution is -2.20. The molecule has 0 unspecified atom stereocenters. The van der Waals surface area contributed by atoms with Gasteiger partial charge in [0.25, 0.3) is 5.91 Å². The minimum atomic E-state index is -0.590. The second-order valence-corrected chi connectivity index (χ2v) is 5.75. The van der Waals surface area contributed by atoms with E-state index in [-0.39, 0.29) is 18.4 Å². The Kier molecular flexibility index (Phi) is 7.15. The van der Waals surface area contributed by atoms with Gasteiger partial charge >= 0.3 is 0 Å². The maximum Gasteiger partial charge on any atom is 0.255 e. The molecule has 0 aromatic heterocycles. The summed E-state index contributed by atoms with van der Waals surface area (Å²) in [6.07, 6.45) is 2.99. The van der Waals surface area contributed by atoms with Gasteiger partial charge in [-0.1, -0.05) is 6.07 Å². The van der Waals surface area contributed by atoms with Crippen LogP contribution >= 0.6 is 0 Å². The highest BCUT2D eigenvalue weighted by molar-refractivity contribution is 6.02. The molecule has 0 aliphatic carbocycles. The topological polar surface area (TPSA) is 120 Å². The van der Waals surface area contributed by atoms with Gasteiger partial charge in [0.15, 0.2) is 18.1 Å². The van der Waals surface area contributed by atoms with Gasteiger partial charge < -0.3 is 25.8 Å². The molecule has 2 rings (SSSR count). The Labute approximate surface area is 162 Å². The Morgan fingerprint density at radius 2 is 1.64 bits per heavy atom. The lowest BCUT2D eigenvalue weighted by molar-refractivity contribution is -0.120. The predicted octanol–water partition coefficient (Wildman–Crippen LogP) is 2.17. The van der Waals surface area contributed by atoms with Crippen LogP contribution in [0.15, 0.2) is 48.5 Å². The Hall–Kier alpha value is -3.81. The molecule has 2 aromatic rings. The second kappa shape index (κ2) is 9.77. The Morgan fingerprint density at radius 3 is 2.21 bits per heavy atom. The summed E-state index contributed by atoms with van der Waals surface area (Å²) in [5, 5.41) is 5.37. The number of anilines is 2. The molecule has 0 bridgehead atoms. The summed E-state index contributed by atoms with van der Waals surface area (Å²) in [4.78, 5) is 33.9. The highest BCUT2D eigenvalue weighted by atomic mass is 16.5. The third-order valence-electron chi connectivity index (χ3n) is 3.46. The average Bonchev–Trinajstić information content (AvgIpc) is 2.66. The fourth-order valence-electron chi connectivity index (χ4n) is 2.25. The first-order valence-corrected chi connectivity index (χ1v) is 8.33. The molecule has 0 aliphatic rings. The summed E-state index contributed by atoms with van der Waals surface area (Å²) in [5.41, 5.74) is 7.00. The van der Waals surface area contributed by atoms with Gasteiger partial charge in [-0.3, -0.25) is 14.4 Å². The molecule has 0 saturated carbocycles. The first-order chi connectivity index (χ1) is 13.4. The molecule has 4 N–H and O–H groups in total. The van der Waals surface area contributed by atoms with Crippen molar-refractivity contribution in [2.75, 3.05) is 24.4 Å². The third kappa shape index (κ3) is 6.49. The normalized spacial score (nSPS) is 10.4. The van der Waals surface area contributed by atoms with Gasteiger partial charge in [0, 0.05) is 24.4 Å². The molecular formula is C20H21N3O5. The minimum absolute atomic E-state index is 0.166. The van der Waals surface area contributed by atoms with Gasteiger partial charge in [0.1, 0.15) is 0 Å². The van der Waals surface area contributed by atoms with Crippen LogP contribution in [0.4, 0.5) is 11.4 Å². The molecule has 0 radical (unpaired) electrons. The number of hydrogen-bond acceptors (Lipinski definition) is 5. The van der Waals surface area contributed by atoms with E-state index in [2.05, 4.69) is 10.6 Å². The molecule has 8 nitrogen and oxygen atoms in total. The van der Waals surface area contributed by atoms with Crippen LogP contribution in [0.25, 0.3) is 6.08 Å². The van der Waals surface area contributed by atoms with E-state index in [1.807, 2.05) is 0 Å². The second-order valence-electron chi connectivity index (χ2n) is 5.75. The van der Waals surface area contributed by atoms with Gasteiger partial charge in [-0.2, -0.15) is 0 Å². The van der Waals surface area contributed by atoms with Crippen molar-refractivity contribution >= 4 is 35.2 Å². The van der Waals surface area contributed by atoms with Crippen molar-refractivity contribution in [1.82, 2.24) is 0 Å². The van der Waals surface area contributed by atoms with E-state index in [0.717, 1.165) is 0 Å². The molecule has 8 heteroatoms. The average molecular weight is 383 g/mol. The van der Waals surface area contributed by atoms with Crippen molar-refractivity contribution in [2.24, 2.45) is 5.73 Å². The van der Waals surface area contributed by atoms with Crippen molar-refractivity contribution in [3.8, 4) is 11.5 Å². The highest BCUT2D eigenvalue weighted by Crippen LogP contribution is 2.28. The molecule has 0 spiro atoms. The number of nitrogens with two attached hydrogens (primary N) is 1. The first kappa shape index (κ1) is 20.5. The van der Waals surface area contributed by atoms with Gasteiger partial charge in [-0.15, -0.1) is 0 Å². The number of amides is 3. The number of primary amides is 1. The summed E-state index contributed by atoms with van der Waals surface area (Å²) >= 11 is 0. The maximum absolute atomic E-state index is 12.1. The van der Waals surface area contributed by atoms with Gasteiger partial charge in [0.05, 0.1) is 7.11 Å². The monoisotopic (exact) mass is 383 g/mol. The Morgan fingerprint density at radius 1 is 1.00 bits per heavy atom. The summed E-state index contributed by atoms with van der Waals surface area (Å²) < 4.78 is 10.5. The number of hydrogen-bond donors (Lipinski definition) is 3. The molecule has 146 valence electrons. The van der Waals surface area contributed by atoms with Crippen LogP contribution in [0.1, 0.15) is 12.5 Å². The summed E-state index contributed by atoms with van der Waals surface area (Å²) in [6.45, 7) is 1.17. The zero-order valence-corrected chi connectivity index (χ0v) is 15.5. The van der Waals surface area contributed by atoms with E-state index in [1.54, 1.807) is 48.5 Å². The number of benzene rings is 2. The molecule has 0 atom stereocenters. The van der Waals surface area contributed by atoms with Crippen molar-refractivity contribution in [2.45, 2.75) is 6.92 Å². The molecule has 0 aliphatic heterocycles. The fraction of sp³-hybridized carbons (Fsp3) is 0.150. The zero-order valence-electron chi connectivity index (χ0n) is 15.5. The minimum Gasteiger partial charge on any atom is -0.493 e. The van der Waals surface area contributed by atoms with E-state index in [0.29, 0.717) is 28.4 Å². The Bertz CT molecular complexity index is 891. The number of ether oxygens (including phenoxy) is 2. The number of nitrogens with one attached hydrogen (secondary N) is 2. The van der Waals surface area contributed by atoms with Crippen LogP contribution in [-0.2, 0) is 14.4 Å². The molecule has 0 heterocycles. The van der Waals surface area contributed by atoms with E-state index in [1.165, 1.54) is 20.1 Å². The quantitative estimate of drug-likeness (QED) is 0.604. The van der Waals surface area contributed by atoms with Crippen LogP contribution in [0.2, 0.25) is 0 Å². The van der Waals surface area contributed by atoms with E-state index < -0.39 is 5.91 Å². The van der Waals surface area contributed by atoms with Gasteiger partial charge in [0.2, 0.25) is 11.8 Å². The Balaban J connectivity index is 1.99. The maximum atomic E-state index is 12.1. The van der Waals surface area contributed by atoms with E-state index >= 15 is 0 Å². The fourth-order valence-corrected chi connectivity index (χ4v) is 2.25. The molecule has 2 aromatic carbocycles. The van der Waals surface area contributed by atoms with Crippen LogP contribution in [0.3, 0.4) is 0 Å². The number of carbonyl (C=O) groups is 3. The van der Waals surface area contributed by atoms with Crippen molar-refractivity contribution in [3.05, 3.63) is 54.1 Å². The van der Waals surface area contributed by atoms with Crippen molar-refractivity contribution in [3.63, 3.8) is 0 Å². The van der Waals surface area contributed by atoms with Crippen LogP contribution in [0.5, 0.6) is 11.5 Å². The largest absolute Gasteiger partial charge is 0.493 e. The highest BCUT2D eigenvalue weighted by Gasteiger charge is 2.07. The molecule has 28 heavy (non-hydrogen) atoms. The molecule has 3 amide bonds. The summed E-state index contributed by atoms with van der Waals surface area (Å²) in [6, 6.07) is 11.8. The van der Waals surface area contributed by atoms with E-state index in [4.69, 9.17) is 15.2 Å². The van der Waals surface area contributed by atoms with Gasteiger partial charge in [-0.25, -0.2) is 0 Å².